The number of ether oxygens (including phenoxy) is 6. The number of pyridine rings is 1. The molecule has 2 aromatic carbocycles. The van der Waals surface area contributed by atoms with Crippen LogP contribution < -0.4 is 30.7 Å². The van der Waals surface area contributed by atoms with Crippen molar-refractivity contribution in [3.8, 4) is 28.5 Å². The Labute approximate surface area is 529 Å². The number of aryl methyl sites for hydroxylation is 3. The van der Waals surface area contributed by atoms with Crippen molar-refractivity contribution in [3.05, 3.63) is 114 Å². The molecule has 0 saturated heterocycles. The van der Waals surface area contributed by atoms with E-state index in [1.54, 1.807) is 53.3 Å². The van der Waals surface area contributed by atoms with Crippen molar-refractivity contribution in [3.63, 3.8) is 0 Å². The van der Waals surface area contributed by atoms with E-state index in [1.165, 1.54) is 13.3 Å². The molecule has 6 aromatic rings. The maximum Gasteiger partial charge on any atom is 0.328 e. The molecule has 4 aromatic heterocycles. The minimum absolute atomic E-state index is 0.0221. The lowest BCUT2D eigenvalue weighted by molar-refractivity contribution is -0.143. The number of rotatable bonds is 38. The highest BCUT2D eigenvalue weighted by Crippen LogP contribution is 2.51. The highest BCUT2D eigenvalue weighted by Gasteiger charge is 2.48. The van der Waals surface area contributed by atoms with Gasteiger partial charge in [-0.2, -0.15) is 10.2 Å². The van der Waals surface area contributed by atoms with E-state index in [1.807, 2.05) is 46.7 Å². The van der Waals surface area contributed by atoms with Crippen LogP contribution in [0.25, 0.3) is 11.1 Å². The highest BCUT2D eigenvalue weighted by molar-refractivity contribution is 6.76. The molecule has 2 aliphatic rings. The number of nitrogens with one attached hydrogen (secondary N) is 4. The molecule has 8 rings (SSSR count). The number of nitrogens with zero attached hydrogens (tertiary/aromatic N) is 8. The molecule has 0 aliphatic heterocycles. The number of hydrogen-bond acceptors (Lipinski definition) is 16. The van der Waals surface area contributed by atoms with Crippen LogP contribution in [0, 0.1) is 37.0 Å². The van der Waals surface area contributed by atoms with Gasteiger partial charge >= 0.3 is 5.97 Å². The van der Waals surface area contributed by atoms with E-state index in [0.717, 1.165) is 86.5 Å². The first-order valence-electron chi connectivity index (χ1n) is 31.6. The number of benzene rings is 2. The molecule has 23 nitrogen and oxygen atoms in total. The van der Waals surface area contributed by atoms with Crippen molar-refractivity contribution >= 4 is 43.4 Å². The molecule has 0 bridgehead atoms. The first-order chi connectivity index (χ1) is 43.2. The zero-order valence-electron chi connectivity index (χ0n) is 53.9. The second kappa shape index (κ2) is 32.8. The summed E-state index contributed by atoms with van der Waals surface area (Å²) in [5.41, 5.74) is 6.10. The molecule has 0 unspecified atom stereocenters. The number of amides is 4. The fourth-order valence-electron chi connectivity index (χ4n) is 10.7. The van der Waals surface area contributed by atoms with Gasteiger partial charge in [0.1, 0.15) is 41.7 Å². The summed E-state index contributed by atoms with van der Waals surface area (Å²) in [5, 5.41) is 29.7. The summed E-state index contributed by atoms with van der Waals surface area (Å²) in [4.78, 5) is 70.3. The summed E-state index contributed by atoms with van der Waals surface area (Å²) >= 11 is 0. The Morgan fingerprint density at radius 2 is 1.52 bits per heavy atom. The van der Waals surface area contributed by atoms with Crippen LogP contribution in [-0.2, 0) is 59.8 Å². The Morgan fingerprint density at radius 3 is 2.22 bits per heavy atom. The van der Waals surface area contributed by atoms with Crippen LogP contribution in [0.5, 0.6) is 17.4 Å². The normalized spacial score (nSPS) is 14.0. The van der Waals surface area contributed by atoms with Crippen molar-refractivity contribution in [2.75, 3.05) is 52.0 Å². The van der Waals surface area contributed by atoms with Crippen LogP contribution >= 0.6 is 0 Å². The predicted octanol–water partition coefficient (Wildman–Crippen LogP) is 9.71. The molecule has 2 saturated carbocycles. The summed E-state index contributed by atoms with van der Waals surface area (Å²) < 4.78 is 39.3. The van der Waals surface area contributed by atoms with Crippen LogP contribution in [0.15, 0.2) is 85.3 Å². The van der Waals surface area contributed by atoms with Gasteiger partial charge in [0.15, 0.2) is 6.61 Å². The van der Waals surface area contributed by atoms with E-state index in [-0.39, 0.29) is 66.9 Å². The van der Waals surface area contributed by atoms with E-state index in [0.29, 0.717) is 86.3 Å². The lowest BCUT2D eigenvalue weighted by Gasteiger charge is -2.27. The summed E-state index contributed by atoms with van der Waals surface area (Å²) in [5.74, 6) is 0.223. The van der Waals surface area contributed by atoms with Crippen LogP contribution in [0.2, 0.25) is 25.7 Å². The van der Waals surface area contributed by atoms with Gasteiger partial charge in [-0.3, -0.25) is 28.5 Å². The number of esters is 1. The van der Waals surface area contributed by atoms with Crippen LogP contribution in [0.1, 0.15) is 123 Å². The van der Waals surface area contributed by atoms with Crippen LogP contribution in [0.4, 0.5) is 5.69 Å². The van der Waals surface area contributed by atoms with E-state index in [9.17, 15) is 24.0 Å². The third-order valence-corrected chi connectivity index (χ3v) is 17.6. The molecule has 4 heterocycles. The van der Waals surface area contributed by atoms with Gasteiger partial charge in [-0.15, -0.1) is 5.10 Å². The smallest absolute Gasteiger partial charge is 0.328 e. The number of aromatic nitrogens is 8. The van der Waals surface area contributed by atoms with Crippen molar-refractivity contribution in [1.29, 1.82) is 0 Å². The molecule has 0 radical (unpaired) electrons. The SMILES string of the molecule is COC(=O)[C@H](CCC(C)(C)C)NC(=O)c1ccc(Oc2cccc(OCC(=O)NCCOCCOCc3cn(CCCCCCn4nccc4C(=O)N[C@H](C(=O)Nc4ccc(-c5c(C)nn(COCC[Si](C)(C)C)c5C)cc4)C(C4CC4)C4CC4)nn3)c2)nc1. The van der Waals surface area contributed by atoms with Gasteiger partial charge in [0.05, 0.1) is 51.0 Å². The Hall–Kier alpha value is -7.80. The van der Waals surface area contributed by atoms with Crippen LogP contribution in [-0.4, -0.2) is 136 Å². The molecule has 4 amide bonds. The summed E-state index contributed by atoms with van der Waals surface area (Å²) in [6, 6.07) is 19.1. The Kier molecular flexibility index (Phi) is 24.8. The Morgan fingerprint density at radius 1 is 0.789 bits per heavy atom. The van der Waals surface area contributed by atoms with Crippen molar-refractivity contribution < 1.29 is 52.4 Å². The van der Waals surface area contributed by atoms with Crippen LogP contribution in [0.3, 0.4) is 0 Å². The fraction of sp³-hybridized carbons (Fsp3) is 0.545. The van der Waals surface area contributed by atoms with E-state index < -0.39 is 32.0 Å². The Balaban J connectivity index is 0.672. The van der Waals surface area contributed by atoms with Gasteiger partial charge in [-0.25, -0.2) is 14.5 Å². The van der Waals surface area contributed by atoms with Crippen molar-refractivity contribution in [1.82, 2.24) is 55.5 Å². The average molecular weight is 1260 g/mol. The van der Waals surface area contributed by atoms with Gasteiger partial charge < -0.3 is 49.7 Å². The fourth-order valence-corrected chi connectivity index (χ4v) is 11.4. The zero-order valence-corrected chi connectivity index (χ0v) is 54.9. The maximum atomic E-state index is 14.3. The molecular formula is C66H92N12O11Si. The molecular weight excluding hydrogens is 1160 g/mol. The van der Waals surface area contributed by atoms with Gasteiger partial charge in [0, 0.05) is 75.8 Å². The number of carbonyl (C=O) groups excluding carboxylic acids is 5. The van der Waals surface area contributed by atoms with Gasteiger partial charge in [-0.1, -0.05) is 76.7 Å². The zero-order chi connectivity index (χ0) is 64.2. The first-order valence-corrected chi connectivity index (χ1v) is 35.3. The van der Waals surface area contributed by atoms with E-state index >= 15 is 0 Å². The molecule has 4 N–H and O–H groups in total. The topological polar surface area (TPSA) is 268 Å². The minimum atomic E-state index is -1.19. The van der Waals surface area contributed by atoms with Gasteiger partial charge in [0.2, 0.25) is 11.8 Å². The van der Waals surface area contributed by atoms with Crippen molar-refractivity contribution in [2.45, 2.75) is 163 Å². The molecule has 486 valence electrons. The third kappa shape index (κ3) is 21.7. The Bertz CT molecular complexity index is 3280. The third-order valence-electron chi connectivity index (χ3n) is 15.9. The summed E-state index contributed by atoms with van der Waals surface area (Å²) in [6.45, 7) is 21.0. The maximum absolute atomic E-state index is 14.3. The second-order valence-electron chi connectivity index (χ2n) is 25.9. The average Bonchev–Trinajstić information content (AvgIpc) is 1.80. The lowest BCUT2D eigenvalue weighted by Crippen LogP contribution is -2.50. The molecule has 24 heteroatoms. The molecule has 2 atom stereocenters. The number of unbranched alkanes of at least 4 members (excludes halogenated alkanes) is 3. The standard InChI is InChI=1S/C66H92N12O11Si/c1-45-59(46(2)78(74-45)44-87-37-38-90(7,8)9)47-21-24-51(25-22-47)70-64(82)61(60(48-17-18-48)49-19-20-49)72-63(81)56-28-30-69-77(56)33-13-11-10-12-32-76-41-52(73-75-76)42-86-36-35-85-34-31-67-57(79)43-88-53-15-14-16-54(39-53)89-58-26-23-50(40-68-58)62(80)71-55(65(83)84-6)27-29-66(3,4)5/h14-16,21-26,28,30,39-41,48-49,55,60-61H,10-13,17-20,27,29,31-38,42-44H2,1-9H3,(H,67,79)(H,70,82)(H,71,80)(H,72,81)/t55-,61-/m0/s1. The highest BCUT2D eigenvalue weighted by atomic mass is 28.3. The predicted molar refractivity (Wildman–Crippen MR) is 342 cm³/mol. The molecule has 90 heavy (non-hydrogen) atoms. The molecule has 2 fully saturated rings. The minimum Gasteiger partial charge on any atom is -0.484 e. The molecule has 0 spiro atoms. The largest absolute Gasteiger partial charge is 0.484 e. The first kappa shape index (κ1) is 68.1. The second-order valence-corrected chi connectivity index (χ2v) is 31.5. The lowest BCUT2D eigenvalue weighted by atomic mass is 9.88. The summed E-state index contributed by atoms with van der Waals surface area (Å²) in [7, 11) is 0.102. The summed E-state index contributed by atoms with van der Waals surface area (Å²) in [6.07, 6.45) is 14.0. The van der Waals surface area contributed by atoms with E-state index in [2.05, 4.69) is 89.0 Å². The number of carbonyl (C=O) groups is 5. The van der Waals surface area contributed by atoms with Gasteiger partial charge in [-0.05, 0) is 136 Å². The van der Waals surface area contributed by atoms with E-state index in [4.69, 9.17) is 33.5 Å². The number of hydrogen-bond donors (Lipinski definition) is 4. The van der Waals surface area contributed by atoms with Crippen molar-refractivity contribution in [2.24, 2.45) is 23.2 Å². The number of anilines is 1. The quantitative estimate of drug-likeness (QED) is 0.0160. The number of methoxy groups -OCH3 is 1. The monoisotopic (exact) mass is 1260 g/mol. The van der Waals surface area contributed by atoms with Gasteiger partial charge in [0.25, 0.3) is 17.7 Å². The molecule has 2 aliphatic carbocycles.